The van der Waals surface area contributed by atoms with Gasteiger partial charge in [0.25, 0.3) is 0 Å². The van der Waals surface area contributed by atoms with Crippen LogP contribution in [0.25, 0.3) is 11.4 Å². The van der Waals surface area contributed by atoms with Gasteiger partial charge in [0, 0.05) is 31.5 Å². The van der Waals surface area contributed by atoms with Gasteiger partial charge in [-0.1, -0.05) is 5.16 Å². The van der Waals surface area contributed by atoms with E-state index in [1.165, 1.54) is 0 Å². The maximum atomic E-state index is 12.5. The number of hydrogen-bond acceptors (Lipinski definition) is 7. The van der Waals surface area contributed by atoms with E-state index >= 15 is 0 Å². The fraction of sp³-hybridized carbons (Fsp3) is 0.556. The zero-order valence-corrected chi connectivity index (χ0v) is 15.7. The largest absolute Gasteiger partial charge is 0.444 e. The summed E-state index contributed by atoms with van der Waals surface area (Å²) in [6.45, 7) is 8.94. The number of anilines is 1. The molecule has 1 N–H and O–H groups in total. The van der Waals surface area contributed by atoms with Crippen LogP contribution >= 0.6 is 0 Å². The van der Waals surface area contributed by atoms with Crippen molar-refractivity contribution in [2.75, 3.05) is 18.4 Å². The van der Waals surface area contributed by atoms with Crippen LogP contribution in [0.4, 0.5) is 10.6 Å². The molecule has 1 unspecified atom stereocenters. The second-order valence-electron chi connectivity index (χ2n) is 7.23. The quantitative estimate of drug-likeness (QED) is 0.890. The van der Waals surface area contributed by atoms with Crippen molar-refractivity contribution in [1.29, 1.82) is 0 Å². The molecule has 0 aromatic carbocycles. The lowest BCUT2D eigenvalue weighted by Crippen LogP contribution is -2.36. The van der Waals surface area contributed by atoms with Crippen LogP contribution in [-0.2, 0) is 4.74 Å². The predicted molar refractivity (Wildman–Crippen MR) is 96.6 cm³/mol. The van der Waals surface area contributed by atoms with Crippen molar-refractivity contribution < 1.29 is 14.1 Å². The summed E-state index contributed by atoms with van der Waals surface area (Å²) in [6, 6.07) is 1.66. The number of aromatic nitrogens is 3. The van der Waals surface area contributed by atoms with E-state index in [4.69, 9.17) is 9.26 Å². The number of carbonyl (C=O) groups is 1. The van der Waals surface area contributed by atoms with Crippen LogP contribution in [0, 0.1) is 0 Å². The highest BCUT2D eigenvalue weighted by atomic mass is 16.6. The van der Waals surface area contributed by atoms with Gasteiger partial charge in [-0.3, -0.25) is 4.90 Å². The fourth-order valence-electron chi connectivity index (χ4n) is 2.98. The molecule has 0 saturated carbocycles. The van der Waals surface area contributed by atoms with Crippen molar-refractivity contribution >= 4 is 11.9 Å². The van der Waals surface area contributed by atoms with E-state index in [1.807, 2.05) is 33.8 Å². The van der Waals surface area contributed by atoms with Crippen LogP contribution in [-0.4, -0.2) is 44.8 Å². The van der Waals surface area contributed by atoms with E-state index < -0.39 is 5.60 Å². The van der Waals surface area contributed by atoms with Crippen LogP contribution in [0.15, 0.2) is 23.0 Å². The van der Waals surface area contributed by atoms with Crippen molar-refractivity contribution in [2.45, 2.75) is 52.2 Å². The number of likely N-dealkylation sites (tertiary alicyclic amines) is 1. The fourth-order valence-corrected chi connectivity index (χ4v) is 2.98. The van der Waals surface area contributed by atoms with Gasteiger partial charge in [0.2, 0.25) is 0 Å². The Morgan fingerprint density at radius 1 is 1.38 bits per heavy atom. The SMILES string of the molecule is CCNc1nccnc1-c1cc(C2CCCN2C(=O)OC(C)(C)C)on1. The molecule has 0 radical (unpaired) electrons. The standard InChI is InChI=1S/C18H25N5O3/c1-5-19-16-15(20-8-9-21-16)12-11-14(26-22-12)13-7-6-10-23(13)17(24)25-18(2,3)4/h8-9,11,13H,5-7,10H2,1-4H3,(H,19,21). The van der Waals surface area contributed by atoms with E-state index in [0.717, 1.165) is 19.4 Å². The highest BCUT2D eigenvalue weighted by molar-refractivity contribution is 5.70. The van der Waals surface area contributed by atoms with Crippen LogP contribution in [0.5, 0.6) is 0 Å². The van der Waals surface area contributed by atoms with Gasteiger partial charge in [-0.15, -0.1) is 0 Å². The molecule has 1 saturated heterocycles. The molecular weight excluding hydrogens is 334 g/mol. The Kier molecular flexibility index (Phi) is 5.11. The third-order valence-electron chi connectivity index (χ3n) is 4.02. The van der Waals surface area contributed by atoms with Crippen molar-refractivity contribution in [1.82, 2.24) is 20.0 Å². The maximum Gasteiger partial charge on any atom is 0.410 e. The Morgan fingerprint density at radius 3 is 2.88 bits per heavy atom. The summed E-state index contributed by atoms with van der Waals surface area (Å²) < 4.78 is 11.1. The van der Waals surface area contributed by atoms with Crippen LogP contribution in [0.2, 0.25) is 0 Å². The highest BCUT2D eigenvalue weighted by Crippen LogP contribution is 2.35. The molecule has 8 nitrogen and oxygen atoms in total. The molecular formula is C18H25N5O3. The zero-order valence-electron chi connectivity index (χ0n) is 15.7. The summed E-state index contributed by atoms with van der Waals surface area (Å²) in [5, 5.41) is 7.31. The number of ether oxygens (including phenoxy) is 1. The normalized spacial score (nSPS) is 17.4. The van der Waals surface area contributed by atoms with Crippen molar-refractivity contribution in [2.24, 2.45) is 0 Å². The molecule has 26 heavy (non-hydrogen) atoms. The first kappa shape index (κ1) is 18.2. The van der Waals surface area contributed by atoms with Gasteiger partial charge >= 0.3 is 6.09 Å². The minimum absolute atomic E-state index is 0.176. The second-order valence-corrected chi connectivity index (χ2v) is 7.23. The number of nitrogens with zero attached hydrogens (tertiary/aromatic N) is 4. The van der Waals surface area contributed by atoms with Gasteiger partial charge in [-0.2, -0.15) is 0 Å². The molecule has 0 aliphatic carbocycles. The van der Waals surface area contributed by atoms with Gasteiger partial charge in [0.15, 0.2) is 11.6 Å². The third kappa shape index (κ3) is 3.95. The van der Waals surface area contributed by atoms with Crippen molar-refractivity contribution in [3.05, 3.63) is 24.2 Å². The lowest BCUT2D eigenvalue weighted by atomic mass is 10.1. The first-order valence-corrected chi connectivity index (χ1v) is 8.90. The number of hydrogen-bond donors (Lipinski definition) is 1. The van der Waals surface area contributed by atoms with E-state index in [2.05, 4.69) is 20.4 Å². The lowest BCUT2D eigenvalue weighted by Gasteiger charge is -2.27. The first-order valence-electron chi connectivity index (χ1n) is 8.90. The minimum Gasteiger partial charge on any atom is -0.444 e. The summed E-state index contributed by atoms with van der Waals surface area (Å²) in [4.78, 5) is 22.8. The van der Waals surface area contributed by atoms with E-state index in [9.17, 15) is 4.79 Å². The smallest absolute Gasteiger partial charge is 0.410 e. The van der Waals surface area contributed by atoms with E-state index in [-0.39, 0.29) is 12.1 Å². The average molecular weight is 359 g/mol. The Morgan fingerprint density at radius 2 is 2.15 bits per heavy atom. The van der Waals surface area contributed by atoms with Crippen molar-refractivity contribution in [3.63, 3.8) is 0 Å². The first-order chi connectivity index (χ1) is 12.4. The van der Waals surface area contributed by atoms with Crippen molar-refractivity contribution in [3.8, 4) is 11.4 Å². The Hall–Kier alpha value is -2.64. The molecule has 1 amide bonds. The molecule has 3 heterocycles. The average Bonchev–Trinajstić information content (AvgIpc) is 3.23. The molecule has 8 heteroatoms. The Labute approximate surface area is 152 Å². The molecule has 0 spiro atoms. The molecule has 1 atom stereocenters. The maximum absolute atomic E-state index is 12.5. The third-order valence-corrected chi connectivity index (χ3v) is 4.02. The van der Waals surface area contributed by atoms with E-state index in [0.29, 0.717) is 29.5 Å². The van der Waals surface area contributed by atoms with Crippen LogP contribution < -0.4 is 5.32 Å². The summed E-state index contributed by atoms with van der Waals surface area (Å²) in [5.41, 5.74) is 0.697. The lowest BCUT2D eigenvalue weighted by molar-refractivity contribution is 0.0204. The zero-order chi connectivity index (χ0) is 18.7. The number of rotatable bonds is 4. The van der Waals surface area contributed by atoms with E-state index in [1.54, 1.807) is 17.3 Å². The summed E-state index contributed by atoms with van der Waals surface area (Å²) in [7, 11) is 0. The Balaban J connectivity index is 1.82. The number of nitrogens with one attached hydrogen (secondary N) is 1. The summed E-state index contributed by atoms with van der Waals surface area (Å²) >= 11 is 0. The predicted octanol–water partition coefficient (Wildman–Crippen LogP) is 3.64. The molecule has 1 aliphatic rings. The number of amides is 1. The second kappa shape index (κ2) is 7.31. The van der Waals surface area contributed by atoms with Gasteiger partial charge in [-0.05, 0) is 40.5 Å². The van der Waals surface area contributed by atoms with Crippen LogP contribution in [0.3, 0.4) is 0 Å². The number of carbonyl (C=O) groups excluding carboxylic acids is 1. The molecule has 1 aliphatic heterocycles. The molecule has 3 rings (SSSR count). The molecule has 2 aromatic heterocycles. The Bertz CT molecular complexity index is 768. The van der Waals surface area contributed by atoms with Crippen LogP contribution in [0.1, 0.15) is 52.3 Å². The highest BCUT2D eigenvalue weighted by Gasteiger charge is 2.35. The van der Waals surface area contributed by atoms with Gasteiger partial charge in [-0.25, -0.2) is 14.8 Å². The molecule has 1 fully saturated rings. The minimum atomic E-state index is -0.531. The summed E-state index contributed by atoms with van der Waals surface area (Å²) in [6.07, 6.45) is 4.63. The molecule has 2 aromatic rings. The van der Waals surface area contributed by atoms with Gasteiger partial charge < -0.3 is 14.6 Å². The molecule has 0 bridgehead atoms. The summed E-state index contributed by atoms with van der Waals surface area (Å²) in [5.74, 6) is 1.29. The monoisotopic (exact) mass is 359 g/mol. The molecule has 140 valence electrons. The van der Waals surface area contributed by atoms with Gasteiger partial charge in [0.05, 0.1) is 6.04 Å². The topological polar surface area (TPSA) is 93.4 Å². The van der Waals surface area contributed by atoms with Gasteiger partial charge in [0.1, 0.15) is 17.0 Å².